The maximum atomic E-state index is 5.10. The maximum absolute atomic E-state index is 5.10. The third kappa shape index (κ3) is 2.92. The minimum atomic E-state index is -0.205. The number of benzene rings is 4. The van der Waals surface area contributed by atoms with Gasteiger partial charge in [0.15, 0.2) is 6.17 Å². The number of rotatable bonds is 2. The number of hydrogen-bond donors (Lipinski definition) is 0. The zero-order chi connectivity index (χ0) is 22.5. The van der Waals surface area contributed by atoms with Crippen LogP contribution in [0.3, 0.4) is 0 Å². The monoisotopic (exact) mass is 438 g/mol. The topological polar surface area (TPSA) is 34.6 Å². The Balaban J connectivity index is 1.47. The molecule has 7 rings (SSSR count). The van der Waals surface area contributed by atoms with Crippen LogP contribution in [-0.2, 0) is 0 Å². The number of aromatic nitrogens is 2. The summed E-state index contributed by atoms with van der Waals surface area (Å²) in [6.45, 7) is 0. The fourth-order valence-corrected chi connectivity index (χ4v) is 5.09. The largest absolute Gasteiger partial charge is 0.317 e. The van der Waals surface area contributed by atoms with Crippen molar-refractivity contribution in [3.8, 4) is 5.69 Å². The Kier molecular flexibility index (Phi) is 4.24. The lowest BCUT2D eigenvalue weighted by molar-refractivity contribution is 0.761. The molecule has 4 nitrogen and oxygen atoms in total. The SMILES string of the molecule is C1=NC(c2ccccc2)N=C(n2c3ccccc3c3cc4c(ccn4-c4ccccc4)cc32)C1. The van der Waals surface area contributed by atoms with Gasteiger partial charge in [0.25, 0.3) is 0 Å². The van der Waals surface area contributed by atoms with Crippen molar-refractivity contribution in [2.45, 2.75) is 12.6 Å². The molecule has 162 valence electrons. The van der Waals surface area contributed by atoms with Gasteiger partial charge in [0.05, 0.1) is 16.6 Å². The van der Waals surface area contributed by atoms with Crippen LogP contribution in [0.25, 0.3) is 38.4 Å². The number of para-hydroxylation sites is 2. The lowest BCUT2D eigenvalue weighted by atomic mass is 10.1. The van der Waals surface area contributed by atoms with E-state index < -0.39 is 0 Å². The fourth-order valence-electron chi connectivity index (χ4n) is 5.09. The van der Waals surface area contributed by atoms with Crippen LogP contribution in [0.2, 0.25) is 0 Å². The predicted molar refractivity (Wildman–Crippen MR) is 141 cm³/mol. The highest BCUT2D eigenvalue weighted by molar-refractivity contribution is 6.18. The highest BCUT2D eigenvalue weighted by atomic mass is 15.1. The number of nitrogens with zero attached hydrogens (tertiary/aromatic N) is 4. The van der Waals surface area contributed by atoms with Crippen molar-refractivity contribution >= 4 is 44.8 Å². The Morgan fingerprint density at radius 3 is 2.29 bits per heavy atom. The van der Waals surface area contributed by atoms with E-state index in [9.17, 15) is 0 Å². The Morgan fingerprint density at radius 1 is 0.676 bits per heavy atom. The minimum Gasteiger partial charge on any atom is -0.317 e. The van der Waals surface area contributed by atoms with Crippen molar-refractivity contribution in [1.29, 1.82) is 0 Å². The molecule has 3 heterocycles. The van der Waals surface area contributed by atoms with Crippen molar-refractivity contribution in [2.24, 2.45) is 9.98 Å². The molecule has 0 aliphatic carbocycles. The van der Waals surface area contributed by atoms with E-state index in [0.717, 1.165) is 11.4 Å². The second kappa shape index (κ2) is 7.56. The van der Waals surface area contributed by atoms with Gasteiger partial charge in [-0.3, -0.25) is 9.56 Å². The molecule has 1 atom stereocenters. The van der Waals surface area contributed by atoms with E-state index in [4.69, 9.17) is 4.99 Å². The first-order valence-electron chi connectivity index (χ1n) is 11.6. The Labute approximate surface area is 197 Å². The molecule has 0 amide bonds. The molecule has 0 radical (unpaired) electrons. The fraction of sp³-hybridized carbons (Fsp3) is 0.0667. The molecule has 2 aromatic heterocycles. The normalized spacial score (nSPS) is 15.9. The number of fused-ring (bicyclic) bond motifs is 4. The first kappa shape index (κ1) is 19.1. The Hall–Kier alpha value is -4.44. The highest BCUT2D eigenvalue weighted by Crippen LogP contribution is 2.35. The third-order valence-electron chi connectivity index (χ3n) is 6.67. The molecule has 0 bridgehead atoms. The van der Waals surface area contributed by atoms with E-state index in [1.807, 2.05) is 24.4 Å². The van der Waals surface area contributed by atoms with Crippen molar-refractivity contribution in [2.75, 3.05) is 0 Å². The summed E-state index contributed by atoms with van der Waals surface area (Å²) in [5, 5.41) is 3.69. The van der Waals surface area contributed by atoms with Gasteiger partial charge in [-0.2, -0.15) is 0 Å². The first-order chi connectivity index (χ1) is 16.9. The summed E-state index contributed by atoms with van der Waals surface area (Å²) in [6, 6.07) is 36.3. The standard InChI is InChI=1S/C30H22N4/c1-3-9-21(10-4-1)30-31-17-15-29(32-30)34-26-14-8-7-13-24(26)25-20-27-22(19-28(25)34)16-18-33(27)23-11-5-2-6-12-23/h1-14,16-20,30H,15H2. The van der Waals surface area contributed by atoms with Crippen molar-refractivity contribution in [1.82, 2.24) is 9.13 Å². The second-order valence-electron chi connectivity index (χ2n) is 8.67. The van der Waals surface area contributed by atoms with Crippen LogP contribution in [-0.4, -0.2) is 21.2 Å². The first-order valence-corrected chi connectivity index (χ1v) is 11.6. The molecule has 0 saturated carbocycles. The predicted octanol–water partition coefficient (Wildman–Crippen LogP) is 7.16. The quantitative estimate of drug-likeness (QED) is 0.275. The van der Waals surface area contributed by atoms with E-state index >= 15 is 0 Å². The van der Waals surface area contributed by atoms with Gasteiger partial charge in [0.1, 0.15) is 5.84 Å². The van der Waals surface area contributed by atoms with Gasteiger partial charge < -0.3 is 4.57 Å². The van der Waals surface area contributed by atoms with Crippen LogP contribution in [0, 0.1) is 0 Å². The molecule has 0 saturated heterocycles. The van der Waals surface area contributed by atoms with Gasteiger partial charge in [-0.05, 0) is 42.0 Å². The maximum Gasteiger partial charge on any atom is 0.166 e. The second-order valence-corrected chi connectivity index (χ2v) is 8.67. The average Bonchev–Trinajstić information content (AvgIpc) is 3.47. The summed E-state index contributed by atoms with van der Waals surface area (Å²) in [4.78, 5) is 9.78. The van der Waals surface area contributed by atoms with Gasteiger partial charge in [0, 0.05) is 40.7 Å². The summed E-state index contributed by atoms with van der Waals surface area (Å²) in [6.07, 6.45) is 4.66. The molecular formula is C30H22N4. The lowest BCUT2D eigenvalue weighted by Gasteiger charge is -2.18. The van der Waals surface area contributed by atoms with E-state index in [1.54, 1.807) is 0 Å². The molecule has 6 aromatic rings. The molecular weight excluding hydrogens is 416 g/mol. The van der Waals surface area contributed by atoms with Gasteiger partial charge in [-0.15, -0.1) is 0 Å². The molecule has 1 unspecified atom stereocenters. The van der Waals surface area contributed by atoms with Crippen LogP contribution < -0.4 is 0 Å². The van der Waals surface area contributed by atoms with E-state index in [2.05, 4.69) is 105 Å². The van der Waals surface area contributed by atoms with Crippen LogP contribution in [0.4, 0.5) is 0 Å². The Morgan fingerprint density at radius 2 is 1.44 bits per heavy atom. The smallest absolute Gasteiger partial charge is 0.166 e. The summed E-state index contributed by atoms with van der Waals surface area (Å²) in [5.74, 6) is 1.02. The molecule has 0 N–H and O–H groups in total. The summed E-state index contributed by atoms with van der Waals surface area (Å²) < 4.78 is 4.59. The van der Waals surface area contributed by atoms with Crippen LogP contribution in [0.15, 0.2) is 119 Å². The van der Waals surface area contributed by atoms with Crippen LogP contribution in [0.1, 0.15) is 18.2 Å². The molecule has 34 heavy (non-hydrogen) atoms. The minimum absolute atomic E-state index is 0.205. The molecule has 4 aromatic carbocycles. The van der Waals surface area contributed by atoms with E-state index in [-0.39, 0.29) is 6.17 Å². The zero-order valence-electron chi connectivity index (χ0n) is 18.5. The van der Waals surface area contributed by atoms with Crippen molar-refractivity contribution in [3.63, 3.8) is 0 Å². The summed E-state index contributed by atoms with van der Waals surface area (Å²) in [7, 11) is 0. The lowest BCUT2D eigenvalue weighted by Crippen LogP contribution is -2.17. The molecule has 1 aliphatic rings. The summed E-state index contributed by atoms with van der Waals surface area (Å²) in [5.41, 5.74) is 5.84. The van der Waals surface area contributed by atoms with Crippen LogP contribution >= 0.6 is 0 Å². The van der Waals surface area contributed by atoms with E-state index in [0.29, 0.717) is 6.42 Å². The number of hydrogen-bond acceptors (Lipinski definition) is 2. The Bertz CT molecular complexity index is 1720. The molecule has 4 heteroatoms. The zero-order valence-corrected chi connectivity index (χ0v) is 18.5. The average molecular weight is 439 g/mol. The van der Waals surface area contributed by atoms with Gasteiger partial charge >= 0.3 is 0 Å². The van der Waals surface area contributed by atoms with Gasteiger partial charge in [-0.25, -0.2) is 4.99 Å². The third-order valence-corrected chi connectivity index (χ3v) is 6.67. The summed E-state index contributed by atoms with van der Waals surface area (Å²) >= 11 is 0. The molecule has 0 spiro atoms. The number of aliphatic imine (C=N–C) groups is 2. The van der Waals surface area contributed by atoms with Crippen molar-refractivity contribution in [3.05, 3.63) is 115 Å². The molecule has 1 aliphatic heterocycles. The van der Waals surface area contributed by atoms with Gasteiger partial charge in [0.2, 0.25) is 0 Å². The highest BCUT2D eigenvalue weighted by Gasteiger charge is 2.20. The molecule has 0 fully saturated rings. The van der Waals surface area contributed by atoms with Crippen LogP contribution in [0.5, 0.6) is 0 Å². The van der Waals surface area contributed by atoms with Gasteiger partial charge in [-0.1, -0.05) is 66.7 Å². The van der Waals surface area contributed by atoms with Crippen molar-refractivity contribution < 1.29 is 0 Å². The van der Waals surface area contributed by atoms with E-state index in [1.165, 1.54) is 38.4 Å².